The third-order valence-electron chi connectivity index (χ3n) is 4.38. The van der Waals surface area contributed by atoms with E-state index in [-0.39, 0.29) is 6.04 Å². The van der Waals surface area contributed by atoms with Crippen molar-refractivity contribution in [3.63, 3.8) is 0 Å². The van der Waals surface area contributed by atoms with Crippen LogP contribution in [0.2, 0.25) is 0 Å². The number of carboxylic acid groups (broad SMARTS) is 2. The number of nitrogens with two attached hydrogens (primary N) is 1. The van der Waals surface area contributed by atoms with Gasteiger partial charge in [0.2, 0.25) is 0 Å². The molecule has 4 N–H and O–H groups in total. The summed E-state index contributed by atoms with van der Waals surface area (Å²) in [5.74, 6) is -3.40. The van der Waals surface area contributed by atoms with Crippen LogP contribution in [0.1, 0.15) is 47.0 Å². The van der Waals surface area contributed by atoms with Crippen molar-refractivity contribution < 1.29 is 29.4 Å². The van der Waals surface area contributed by atoms with Crippen molar-refractivity contribution in [2.45, 2.75) is 53.0 Å². The minimum atomic E-state index is -1.82. The number of nitrogens with zero attached hydrogens (tertiary/aromatic N) is 1. The van der Waals surface area contributed by atoms with Crippen molar-refractivity contribution in [3.05, 3.63) is 0 Å². The van der Waals surface area contributed by atoms with Gasteiger partial charge in [0.25, 0.3) is 0 Å². The first-order valence-electron chi connectivity index (χ1n) is 8.09. The maximum atomic E-state index is 11.9. The maximum absolute atomic E-state index is 11.9. The normalized spacial score (nSPS) is 23.0. The van der Waals surface area contributed by atoms with Crippen LogP contribution < -0.4 is 5.73 Å². The Bertz CT molecular complexity index is 465. The van der Waals surface area contributed by atoms with Gasteiger partial charge in [-0.25, -0.2) is 9.59 Å². The highest BCUT2D eigenvalue weighted by Crippen LogP contribution is 2.36. The van der Waals surface area contributed by atoms with E-state index in [2.05, 4.69) is 20.8 Å². The van der Waals surface area contributed by atoms with E-state index in [0.29, 0.717) is 24.3 Å². The lowest BCUT2D eigenvalue weighted by Gasteiger charge is -2.43. The summed E-state index contributed by atoms with van der Waals surface area (Å²) in [5, 5.41) is 14.8. The van der Waals surface area contributed by atoms with Crippen molar-refractivity contribution in [1.82, 2.24) is 4.90 Å². The van der Waals surface area contributed by atoms with Gasteiger partial charge in [0, 0.05) is 12.6 Å². The molecule has 0 aromatic heterocycles. The molecule has 2 amide bonds. The van der Waals surface area contributed by atoms with Crippen LogP contribution >= 0.6 is 0 Å². The number of amides is 2. The molecule has 3 atom stereocenters. The monoisotopic (exact) mass is 344 g/mol. The molecule has 0 spiro atoms. The topological polar surface area (TPSA) is 138 Å². The average molecular weight is 344 g/mol. The van der Waals surface area contributed by atoms with E-state index in [0.717, 1.165) is 12.8 Å². The zero-order valence-electron chi connectivity index (χ0n) is 14.7. The van der Waals surface area contributed by atoms with Crippen LogP contribution in [0.25, 0.3) is 0 Å². The number of primary amides is 1. The first kappa shape index (κ1) is 21.9. The van der Waals surface area contributed by atoms with Gasteiger partial charge >= 0.3 is 23.8 Å². The second-order valence-corrected chi connectivity index (χ2v) is 6.46. The smallest absolute Gasteiger partial charge is 0.414 e. The van der Waals surface area contributed by atoms with E-state index in [4.69, 9.17) is 25.5 Å². The van der Waals surface area contributed by atoms with E-state index < -0.39 is 23.8 Å². The Labute approximate surface area is 142 Å². The Kier molecular flexibility index (Phi) is 9.02. The highest BCUT2D eigenvalue weighted by atomic mass is 16.4. The fourth-order valence-electron chi connectivity index (χ4n) is 3.18. The molecule has 0 aromatic rings. The molecule has 1 aliphatic carbocycles. The largest absolute Gasteiger partial charge is 0.473 e. The summed E-state index contributed by atoms with van der Waals surface area (Å²) in [7, 11) is 0. The Balaban J connectivity index is 0.000000754. The van der Waals surface area contributed by atoms with Gasteiger partial charge in [-0.3, -0.25) is 9.59 Å². The number of carbonyl (C=O) groups is 4. The minimum absolute atomic E-state index is 0.166. The molecule has 0 aromatic carbocycles. The van der Waals surface area contributed by atoms with Gasteiger partial charge in [-0.1, -0.05) is 27.2 Å². The van der Waals surface area contributed by atoms with Crippen LogP contribution in [0.5, 0.6) is 0 Å². The second kappa shape index (κ2) is 9.89. The fraction of sp³-hybridized carbons (Fsp3) is 0.750. The van der Waals surface area contributed by atoms with Gasteiger partial charge in [0.1, 0.15) is 0 Å². The number of aliphatic carboxylic acids is 2. The number of hydrogen-bond acceptors (Lipinski definition) is 4. The molecule has 138 valence electrons. The highest BCUT2D eigenvalue weighted by Gasteiger charge is 2.37. The Morgan fingerprint density at radius 2 is 1.62 bits per heavy atom. The SMILES string of the molecule is CCN(C(=O)C(N)=O)C1CC(C)CCC1C(C)C.O=C(O)C(=O)O. The van der Waals surface area contributed by atoms with E-state index in [1.807, 2.05) is 6.92 Å². The van der Waals surface area contributed by atoms with Gasteiger partial charge in [-0.15, -0.1) is 0 Å². The van der Waals surface area contributed by atoms with Crippen molar-refractivity contribution >= 4 is 23.8 Å². The van der Waals surface area contributed by atoms with Crippen molar-refractivity contribution in [3.8, 4) is 0 Å². The molecule has 0 saturated heterocycles. The molecule has 0 bridgehead atoms. The molecule has 1 saturated carbocycles. The van der Waals surface area contributed by atoms with Crippen LogP contribution in [-0.4, -0.2) is 51.5 Å². The summed E-state index contributed by atoms with van der Waals surface area (Å²) in [5.41, 5.74) is 5.15. The zero-order valence-corrected chi connectivity index (χ0v) is 14.7. The predicted molar refractivity (Wildman–Crippen MR) is 87.0 cm³/mol. The minimum Gasteiger partial charge on any atom is -0.473 e. The van der Waals surface area contributed by atoms with Crippen molar-refractivity contribution in [2.75, 3.05) is 6.54 Å². The van der Waals surface area contributed by atoms with Gasteiger partial charge in [0.15, 0.2) is 0 Å². The van der Waals surface area contributed by atoms with E-state index in [1.165, 1.54) is 6.42 Å². The standard InChI is InChI=1S/C14H26N2O2.C2H2O4/c1-5-16(14(18)13(15)17)12-8-10(4)6-7-11(12)9(2)3;3-1(4)2(5)6/h9-12H,5-8H2,1-4H3,(H2,15,17);(H,3,4)(H,5,6). The lowest BCUT2D eigenvalue weighted by molar-refractivity contribution is -0.159. The van der Waals surface area contributed by atoms with Gasteiger partial charge in [0.05, 0.1) is 0 Å². The van der Waals surface area contributed by atoms with Gasteiger partial charge < -0.3 is 20.8 Å². The molecule has 0 radical (unpaired) electrons. The lowest BCUT2D eigenvalue weighted by atomic mass is 9.73. The van der Waals surface area contributed by atoms with Crippen LogP contribution in [0.4, 0.5) is 0 Å². The van der Waals surface area contributed by atoms with Gasteiger partial charge in [-0.05, 0) is 37.5 Å². The summed E-state index contributed by atoms with van der Waals surface area (Å²) in [4.78, 5) is 42.9. The molecule has 1 fully saturated rings. The highest BCUT2D eigenvalue weighted by molar-refractivity contribution is 6.34. The number of carbonyl (C=O) groups excluding carboxylic acids is 2. The zero-order chi connectivity index (χ0) is 19.0. The van der Waals surface area contributed by atoms with Crippen LogP contribution in [0, 0.1) is 17.8 Å². The quantitative estimate of drug-likeness (QED) is 0.651. The summed E-state index contributed by atoms with van der Waals surface area (Å²) in [6.07, 6.45) is 3.32. The third kappa shape index (κ3) is 6.55. The maximum Gasteiger partial charge on any atom is 0.414 e. The molecule has 8 nitrogen and oxygen atoms in total. The second-order valence-electron chi connectivity index (χ2n) is 6.46. The number of carboxylic acids is 2. The summed E-state index contributed by atoms with van der Waals surface area (Å²) >= 11 is 0. The lowest BCUT2D eigenvalue weighted by Crippen LogP contribution is -2.52. The van der Waals surface area contributed by atoms with E-state index in [9.17, 15) is 9.59 Å². The Morgan fingerprint density at radius 3 is 1.96 bits per heavy atom. The summed E-state index contributed by atoms with van der Waals surface area (Å²) in [6.45, 7) is 9.07. The van der Waals surface area contributed by atoms with Crippen molar-refractivity contribution in [2.24, 2.45) is 23.5 Å². The first-order valence-corrected chi connectivity index (χ1v) is 8.09. The molecular weight excluding hydrogens is 316 g/mol. The van der Waals surface area contributed by atoms with Crippen LogP contribution in [-0.2, 0) is 19.2 Å². The Morgan fingerprint density at radius 1 is 1.12 bits per heavy atom. The molecular formula is C16H28N2O6. The molecule has 8 heteroatoms. The average Bonchev–Trinajstić information content (AvgIpc) is 2.48. The Hall–Kier alpha value is -2.12. The molecule has 0 heterocycles. The first-order chi connectivity index (χ1) is 11.0. The number of hydrogen-bond donors (Lipinski definition) is 3. The summed E-state index contributed by atoms with van der Waals surface area (Å²) in [6, 6.07) is 0.166. The number of likely N-dealkylation sites (N-methyl/N-ethyl adjacent to an activating group) is 1. The van der Waals surface area contributed by atoms with E-state index >= 15 is 0 Å². The van der Waals surface area contributed by atoms with Crippen LogP contribution in [0.15, 0.2) is 0 Å². The molecule has 1 aliphatic rings. The molecule has 1 rings (SSSR count). The molecule has 3 unspecified atom stereocenters. The third-order valence-corrected chi connectivity index (χ3v) is 4.38. The van der Waals surface area contributed by atoms with Crippen LogP contribution in [0.3, 0.4) is 0 Å². The summed E-state index contributed by atoms with van der Waals surface area (Å²) < 4.78 is 0. The van der Waals surface area contributed by atoms with E-state index in [1.54, 1.807) is 4.90 Å². The van der Waals surface area contributed by atoms with Crippen molar-refractivity contribution in [1.29, 1.82) is 0 Å². The number of rotatable bonds is 3. The fourth-order valence-corrected chi connectivity index (χ4v) is 3.18. The predicted octanol–water partition coefficient (Wildman–Crippen LogP) is 0.937. The molecule has 0 aliphatic heterocycles. The molecule has 24 heavy (non-hydrogen) atoms. The van der Waals surface area contributed by atoms with Gasteiger partial charge in [-0.2, -0.15) is 0 Å².